The number of hydrogen-bond acceptors (Lipinski definition) is 5. The Morgan fingerprint density at radius 1 is 0.737 bits per heavy atom. The van der Waals surface area contributed by atoms with Gasteiger partial charge in [-0.1, -0.05) is 0 Å². The third-order valence-corrected chi connectivity index (χ3v) is 4.03. The van der Waals surface area contributed by atoms with E-state index in [0.717, 1.165) is 37.2 Å². The van der Waals surface area contributed by atoms with E-state index in [1.54, 1.807) is 13.8 Å². The predicted molar refractivity (Wildman–Crippen MR) is 80.4 cm³/mol. The van der Waals surface area contributed by atoms with Crippen LogP contribution in [0, 0.1) is 0 Å². The molecule has 0 aliphatic carbocycles. The number of rotatable bonds is 12. The van der Waals surface area contributed by atoms with Crippen molar-refractivity contribution in [2.75, 3.05) is 11.5 Å². The minimum Gasteiger partial charge on any atom is -0.393 e. The van der Waals surface area contributed by atoms with E-state index in [0.29, 0.717) is 12.8 Å². The fourth-order valence-corrected chi connectivity index (χ4v) is 2.91. The van der Waals surface area contributed by atoms with Crippen LogP contribution in [0.4, 0.5) is 0 Å². The predicted octanol–water partition coefficient (Wildman–Crippen LogP) is 1.54. The first-order chi connectivity index (χ1) is 8.91. The number of aliphatic hydroxyl groups is 4. The maximum absolute atomic E-state index is 9.55. The molecule has 0 saturated carbocycles. The maximum Gasteiger partial charge on any atom is 0.0565 e. The number of hydrogen-bond donors (Lipinski definition) is 4. The van der Waals surface area contributed by atoms with Crippen molar-refractivity contribution in [1.29, 1.82) is 0 Å². The fraction of sp³-hybridized carbons (Fsp3) is 1.00. The van der Waals surface area contributed by atoms with Crippen molar-refractivity contribution in [3.8, 4) is 0 Å². The van der Waals surface area contributed by atoms with E-state index >= 15 is 0 Å². The molecule has 0 aromatic rings. The summed E-state index contributed by atoms with van der Waals surface area (Å²) < 4.78 is 0. The van der Waals surface area contributed by atoms with E-state index in [2.05, 4.69) is 0 Å². The highest BCUT2D eigenvalue weighted by Crippen LogP contribution is 2.13. The van der Waals surface area contributed by atoms with Crippen LogP contribution < -0.4 is 0 Å². The van der Waals surface area contributed by atoms with Crippen molar-refractivity contribution in [3.63, 3.8) is 0 Å². The summed E-state index contributed by atoms with van der Waals surface area (Å²) in [6.45, 7) is 3.38. The lowest BCUT2D eigenvalue weighted by atomic mass is 10.1. The summed E-state index contributed by atoms with van der Waals surface area (Å²) >= 11 is 1.83. The zero-order valence-electron chi connectivity index (χ0n) is 12.2. The van der Waals surface area contributed by atoms with Crippen LogP contribution in [0.5, 0.6) is 0 Å². The van der Waals surface area contributed by atoms with Crippen LogP contribution in [-0.4, -0.2) is 56.3 Å². The Bertz CT molecular complexity index is 180. The molecule has 0 aromatic carbocycles. The molecule has 4 nitrogen and oxygen atoms in total. The minimum atomic E-state index is -0.432. The van der Waals surface area contributed by atoms with E-state index in [1.165, 1.54) is 0 Å². The van der Waals surface area contributed by atoms with Crippen LogP contribution in [-0.2, 0) is 0 Å². The SMILES string of the molecule is CC(O)CC(O)CCCSCCCC(O)CC(C)O. The Hall–Kier alpha value is 0.190. The van der Waals surface area contributed by atoms with Crippen molar-refractivity contribution >= 4 is 11.8 Å². The second kappa shape index (κ2) is 12.0. The van der Waals surface area contributed by atoms with Gasteiger partial charge in [-0.25, -0.2) is 0 Å². The van der Waals surface area contributed by atoms with Crippen LogP contribution >= 0.6 is 11.8 Å². The topological polar surface area (TPSA) is 80.9 Å². The molecule has 0 aromatic heterocycles. The monoisotopic (exact) mass is 294 g/mol. The third kappa shape index (κ3) is 14.4. The van der Waals surface area contributed by atoms with Gasteiger partial charge in [0, 0.05) is 0 Å². The summed E-state index contributed by atoms with van der Waals surface area (Å²) in [7, 11) is 0. The second-order valence-corrected chi connectivity index (χ2v) is 6.60. The molecule has 0 aliphatic heterocycles. The molecular formula is C14H30O4S. The van der Waals surface area contributed by atoms with Gasteiger partial charge < -0.3 is 20.4 Å². The lowest BCUT2D eigenvalue weighted by Gasteiger charge is -2.13. The van der Waals surface area contributed by atoms with Crippen molar-refractivity contribution < 1.29 is 20.4 Å². The molecule has 0 amide bonds. The minimum absolute atomic E-state index is 0.395. The molecule has 0 spiro atoms. The molecule has 116 valence electrons. The van der Waals surface area contributed by atoms with Gasteiger partial charge in [-0.3, -0.25) is 0 Å². The third-order valence-electron chi connectivity index (χ3n) is 2.88. The van der Waals surface area contributed by atoms with Crippen LogP contribution in [0.15, 0.2) is 0 Å². The van der Waals surface area contributed by atoms with E-state index in [9.17, 15) is 10.2 Å². The van der Waals surface area contributed by atoms with Gasteiger partial charge in [-0.15, -0.1) is 0 Å². The second-order valence-electron chi connectivity index (χ2n) is 5.37. The summed E-state index contributed by atoms with van der Waals surface area (Å²) in [5.74, 6) is 2.01. The maximum atomic E-state index is 9.55. The smallest absolute Gasteiger partial charge is 0.0565 e. The molecule has 0 rings (SSSR count). The van der Waals surface area contributed by atoms with E-state index in [1.807, 2.05) is 11.8 Å². The largest absolute Gasteiger partial charge is 0.393 e. The summed E-state index contributed by atoms with van der Waals surface area (Å²) in [6.07, 6.45) is 2.64. The van der Waals surface area contributed by atoms with Crippen molar-refractivity contribution in [2.24, 2.45) is 0 Å². The first-order valence-electron chi connectivity index (χ1n) is 7.21. The molecule has 0 saturated heterocycles. The van der Waals surface area contributed by atoms with Crippen LogP contribution in [0.3, 0.4) is 0 Å². The summed E-state index contributed by atoms with van der Waals surface area (Å²) in [4.78, 5) is 0. The Balaban J connectivity index is 3.27. The zero-order valence-corrected chi connectivity index (χ0v) is 13.0. The van der Waals surface area contributed by atoms with Crippen LogP contribution in [0.25, 0.3) is 0 Å². The summed E-state index contributed by atoms with van der Waals surface area (Å²) in [6, 6.07) is 0. The van der Waals surface area contributed by atoms with Gasteiger partial charge in [-0.2, -0.15) is 11.8 Å². The highest BCUT2D eigenvalue weighted by atomic mass is 32.2. The van der Waals surface area contributed by atoms with Gasteiger partial charge in [0.15, 0.2) is 0 Å². The number of thioether (sulfide) groups is 1. The quantitative estimate of drug-likeness (QED) is 0.411. The van der Waals surface area contributed by atoms with Gasteiger partial charge in [0.05, 0.1) is 24.4 Å². The average Bonchev–Trinajstić information content (AvgIpc) is 2.25. The summed E-state index contributed by atoms with van der Waals surface area (Å²) in [5.41, 5.74) is 0. The lowest BCUT2D eigenvalue weighted by molar-refractivity contribution is 0.0844. The molecule has 4 unspecified atom stereocenters. The standard InChI is InChI=1S/C14H30O4S/c1-11(15)9-13(17)5-3-7-19-8-4-6-14(18)10-12(2)16/h11-18H,3-10H2,1-2H3. The Labute approximate surface area is 121 Å². The van der Waals surface area contributed by atoms with Gasteiger partial charge >= 0.3 is 0 Å². The van der Waals surface area contributed by atoms with Gasteiger partial charge in [-0.05, 0) is 63.9 Å². The highest BCUT2D eigenvalue weighted by Gasteiger charge is 2.08. The Morgan fingerprint density at radius 3 is 1.42 bits per heavy atom. The first kappa shape index (κ1) is 19.2. The molecule has 4 atom stereocenters. The average molecular weight is 294 g/mol. The highest BCUT2D eigenvalue weighted by molar-refractivity contribution is 7.99. The van der Waals surface area contributed by atoms with E-state index < -0.39 is 24.4 Å². The molecule has 0 aliphatic rings. The Morgan fingerprint density at radius 2 is 1.11 bits per heavy atom. The van der Waals surface area contributed by atoms with Gasteiger partial charge in [0.1, 0.15) is 0 Å². The van der Waals surface area contributed by atoms with E-state index in [-0.39, 0.29) is 0 Å². The summed E-state index contributed by atoms with van der Waals surface area (Å²) in [5, 5.41) is 37.3. The Kier molecular flexibility index (Phi) is 12.1. The molecule has 0 fully saturated rings. The number of aliphatic hydroxyl groups excluding tert-OH is 4. The van der Waals surface area contributed by atoms with Gasteiger partial charge in [0.25, 0.3) is 0 Å². The normalized spacial score (nSPS) is 18.0. The zero-order chi connectivity index (χ0) is 14.7. The fourth-order valence-electron chi connectivity index (χ4n) is 1.97. The molecule has 0 heterocycles. The first-order valence-corrected chi connectivity index (χ1v) is 8.37. The van der Waals surface area contributed by atoms with Crippen LogP contribution in [0.2, 0.25) is 0 Å². The molecule has 0 bridgehead atoms. The van der Waals surface area contributed by atoms with Gasteiger partial charge in [0.2, 0.25) is 0 Å². The lowest BCUT2D eigenvalue weighted by Crippen LogP contribution is -2.15. The molecular weight excluding hydrogens is 264 g/mol. The van der Waals surface area contributed by atoms with Crippen molar-refractivity contribution in [1.82, 2.24) is 0 Å². The molecule has 0 radical (unpaired) electrons. The van der Waals surface area contributed by atoms with Crippen molar-refractivity contribution in [2.45, 2.75) is 76.8 Å². The van der Waals surface area contributed by atoms with E-state index in [4.69, 9.17) is 10.2 Å². The molecule has 4 N–H and O–H groups in total. The van der Waals surface area contributed by atoms with Crippen molar-refractivity contribution in [3.05, 3.63) is 0 Å². The van der Waals surface area contributed by atoms with Crippen LogP contribution in [0.1, 0.15) is 52.4 Å². The molecule has 5 heteroatoms. The molecule has 19 heavy (non-hydrogen) atoms.